The van der Waals surface area contributed by atoms with Gasteiger partial charge in [0.2, 0.25) is 0 Å². The molecule has 0 amide bonds. The van der Waals surface area contributed by atoms with Crippen molar-refractivity contribution in [2.75, 3.05) is 13.2 Å². The summed E-state index contributed by atoms with van der Waals surface area (Å²) in [5.74, 6) is -0.0621. The van der Waals surface area contributed by atoms with Gasteiger partial charge in [0.1, 0.15) is 12.7 Å². The highest BCUT2D eigenvalue weighted by molar-refractivity contribution is 5.73. The quantitative estimate of drug-likeness (QED) is 0.0443. The molecule has 0 spiro atoms. The van der Waals surface area contributed by atoms with Crippen LogP contribution in [0.15, 0.2) is 0 Å². The second-order valence-corrected chi connectivity index (χ2v) is 13.7. The molecule has 0 aromatic heterocycles. The van der Waals surface area contributed by atoms with Gasteiger partial charge in [0.15, 0.2) is 0 Å². The first-order chi connectivity index (χ1) is 20.7. The number of esters is 1. The van der Waals surface area contributed by atoms with Crippen molar-refractivity contribution in [2.45, 2.75) is 205 Å². The molecule has 0 aromatic carbocycles. The number of rotatable bonds is 27. The van der Waals surface area contributed by atoms with Crippen LogP contribution in [0.5, 0.6) is 0 Å². The molecule has 2 aliphatic carbocycles. The molecule has 5 nitrogen and oxygen atoms in total. The Balaban J connectivity index is 1.57. The molecule has 0 saturated heterocycles. The summed E-state index contributed by atoms with van der Waals surface area (Å²) in [7, 11) is 0. The standard InChI is InChI=1S/C37H70O5/c1-2-3-4-5-6-7-8-9-10-11-12-13-14-15-16-17-24-29-35(36(42-39)32-33-25-20-18-21-26-33)37(38)41-31-30-40-34-27-22-19-23-28-34/h33-36,39H,2-32H2,1H3. The third-order valence-electron chi connectivity index (χ3n) is 10.0. The van der Waals surface area contributed by atoms with E-state index in [0.29, 0.717) is 25.2 Å². The predicted molar refractivity (Wildman–Crippen MR) is 175 cm³/mol. The first kappa shape index (κ1) is 37.5. The van der Waals surface area contributed by atoms with Crippen molar-refractivity contribution in [1.29, 1.82) is 0 Å². The summed E-state index contributed by atoms with van der Waals surface area (Å²) >= 11 is 0. The predicted octanol–water partition coefficient (Wildman–Crippen LogP) is 11.4. The minimum Gasteiger partial charge on any atom is -0.463 e. The summed E-state index contributed by atoms with van der Waals surface area (Å²) in [6.45, 7) is 3.05. The van der Waals surface area contributed by atoms with Gasteiger partial charge in [-0.05, 0) is 31.6 Å². The molecule has 2 saturated carbocycles. The Labute approximate surface area is 260 Å². The Morgan fingerprint density at radius 1 is 0.643 bits per heavy atom. The van der Waals surface area contributed by atoms with Gasteiger partial charge in [-0.2, -0.15) is 0 Å². The van der Waals surface area contributed by atoms with Crippen LogP contribution in [0.25, 0.3) is 0 Å². The molecule has 2 rings (SSSR count). The van der Waals surface area contributed by atoms with Gasteiger partial charge in [-0.15, -0.1) is 0 Å². The fourth-order valence-electron chi connectivity index (χ4n) is 7.27. The monoisotopic (exact) mass is 595 g/mol. The van der Waals surface area contributed by atoms with Crippen LogP contribution in [-0.2, 0) is 19.2 Å². The van der Waals surface area contributed by atoms with Crippen LogP contribution < -0.4 is 0 Å². The molecule has 5 heteroatoms. The molecule has 0 aliphatic heterocycles. The lowest BCUT2D eigenvalue weighted by molar-refractivity contribution is -0.294. The summed E-state index contributed by atoms with van der Waals surface area (Å²) in [6, 6.07) is 0. The number of carbonyl (C=O) groups excluding carboxylic acids is 1. The third kappa shape index (κ3) is 18.9. The molecular weight excluding hydrogens is 524 g/mol. The third-order valence-corrected chi connectivity index (χ3v) is 10.0. The van der Waals surface area contributed by atoms with E-state index in [1.165, 1.54) is 148 Å². The highest BCUT2D eigenvalue weighted by atomic mass is 17.1. The lowest BCUT2D eigenvalue weighted by Gasteiger charge is -2.29. The van der Waals surface area contributed by atoms with Crippen LogP contribution in [0.2, 0.25) is 0 Å². The molecule has 0 aromatic rings. The van der Waals surface area contributed by atoms with Crippen molar-refractivity contribution in [2.24, 2.45) is 11.8 Å². The van der Waals surface area contributed by atoms with E-state index in [2.05, 4.69) is 6.92 Å². The van der Waals surface area contributed by atoms with E-state index in [-0.39, 0.29) is 11.9 Å². The lowest BCUT2D eigenvalue weighted by Crippen LogP contribution is -2.34. The van der Waals surface area contributed by atoms with Crippen LogP contribution in [-0.4, -0.2) is 36.6 Å². The summed E-state index contributed by atoms with van der Waals surface area (Å²) in [5, 5.41) is 9.83. The molecule has 248 valence electrons. The number of ether oxygens (including phenoxy) is 2. The van der Waals surface area contributed by atoms with Gasteiger partial charge >= 0.3 is 5.97 Å². The largest absolute Gasteiger partial charge is 0.463 e. The molecule has 0 heterocycles. The molecular formula is C37H70O5. The van der Waals surface area contributed by atoms with E-state index < -0.39 is 6.10 Å². The summed E-state index contributed by atoms with van der Waals surface area (Å²) in [5.41, 5.74) is 0. The van der Waals surface area contributed by atoms with Gasteiger partial charge in [0, 0.05) is 0 Å². The van der Waals surface area contributed by atoms with Gasteiger partial charge < -0.3 is 9.47 Å². The summed E-state index contributed by atoms with van der Waals surface area (Å²) in [4.78, 5) is 18.2. The van der Waals surface area contributed by atoms with Crippen LogP contribution in [0.1, 0.15) is 193 Å². The van der Waals surface area contributed by atoms with Crippen molar-refractivity contribution < 1.29 is 24.4 Å². The van der Waals surface area contributed by atoms with Gasteiger partial charge in [0.05, 0.1) is 18.6 Å². The Morgan fingerprint density at radius 2 is 1.12 bits per heavy atom. The van der Waals surface area contributed by atoms with Gasteiger partial charge in [-0.25, -0.2) is 4.89 Å². The van der Waals surface area contributed by atoms with Crippen LogP contribution in [0.4, 0.5) is 0 Å². The second-order valence-electron chi connectivity index (χ2n) is 13.7. The number of unbranched alkanes of at least 4 members (excludes halogenated alkanes) is 16. The Morgan fingerprint density at radius 3 is 1.62 bits per heavy atom. The first-order valence-electron chi connectivity index (χ1n) is 18.8. The highest BCUT2D eigenvalue weighted by Gasteiger charge is 2.33. The maximum atomic E-state index is 13.2. The molecule has 2 aliphatic rings. The SMILES string of the molecule is CCCCCCCCCCCCCCCCCCCC(C(=O)OCCOC1CCCCC1)C(CC1CCCCC1)OO. The van der Waals surface area contributed by atoms with E-state index in [1.54, 1.807) is 0 Å². The van der Waals surface area contributed by atoms with Gasteiger partial charge in [0.25, 0.3) is 0 Å². The molecule has 0 bridgehead atoms. The van der Waals surface area contributed by atoms with Crippen molar-refractivity contribution in [3.63, 3.8) is 0 Å². The molecule has 42 heavy (non-hydrogen) atoms. The smallest absolute Gasteiger partial charge is 0.311 e. The molecule has 2 atom stereocenters. The molecule has 0 radical (unpaired) electrons. The topological polar surface area (TPSA) is 65.0 Å². The molecule has 2 fully saturated rings. The van der Waals surface area contributed by atoms with E-state index in [1.807, 2.05) is 0 Å². The van der Waals surface area contributed by atoms with Crippen molar-refractivity contribution >= 4 is 5.97 Å². The average molecular weight is 595 g/mol. The minimum absolute atomic E-state index is 0.214. The van der Waals surface area contributed by atoms with Crippen molar-refractivity contribution in [3.05, 3.63) is 0 Å². The van der Waals surface area contributed by atoms with E-state index >= 15 is 0 Å². The molecule has 2 unspecified atom stereocenters. The molecule has 1 N–H and O–H groups in total. The maximum absolute atomic E-state index is 13.2. The van der Waals surface area contributed by atoms with Gasteiger partial charge in [-0.3, -0.25) is 10.1 Å². The van der Waals surface area contributed by atoms with Crippen LogP contribution in [0, 0.1) is 11.8 Å². The zero-order chi connectivity index (χ0) is 29.9. The van der Waals surface area contributed by atoms with Crippen molar-refractivity contribution in [1.82, 2.24) is 0 Å². The zero-order valence-electron chi connectivity index (χ0n) is 27.8. The van der Waals surface area contributed by atoms with Crippen molar-refractivity contribution in [3.8, 4) is 0 Å². The number of hydrogen-bond donors (Lipinski definition) is 1. The maximum Gasteiger partial charge on any atom is 0.311 e. The normalized spacial score (nSPS) is 18.2. The number of hydrogen-bond acceptors (Lipinski definition) is 5. The minimum atomic E-state index is -0.457. The second kappa shape index (κ2) is 26.7. The van der Waals surface area contributed by atoms with Gasteiger partial charge in [-0.1, -0.05) is 167 Å². The van der Waals surface area contributed by atoms with Crippen LogP contribution in [0.3, 0.4) is 0 Å². The highest BCUT2D eigenvalue weighted by Crippen LogP contribution is 2.32. The number of carbonyl (C=O) groups is 1. The Bertz CT molecular complexity index is 599. The zero-order valence-corrected chi connectivity index (χ0v) is 27.8. The summed E-state index contributed by atoms with van der Waals surface area (Å²) < 4.78 is 11.7. The first-order valence-corrected chi connectivity index (χ1v) is 18.8. The Hall–Kier alpha value is -0.650. The van der Waals surface area contributed by atoms with E-state index in [4.69, 9.17) is 14.4 Å². The summed E-state index contributed by atoms with van der Waals surface area (Å²) in [6.07, 6.45) is 36.4. The Kier molecular flexibility index (Phi) is 23.9. The average Bonchev–Trinajstić information content (AvgIpc) is 3.02. The van der Waals surface area contributed by atoms with Crippen LogP contribution >= 0.6 is 0 Å². The fourth-order valence-corrected chi connectivity index (χ4v) is 7.27. The van der Waals surface area contributed by atoms with E-state index in [9.17, 15) is 10.1 Å². The van der Waals surface area contributed by atoms with E-state index in [0.717, 1.165) is 38.5 Å². The lowest BCUT2D eigenvalue weighted by atomic mass is 9.81. The fraction of sp³-hybridized carbons (Fsp3) is 0.973.